The van der Waals surface area contributed by atoms with Crippen LogP contribution in [0.2, 0.25) is 0 Å². The van der Waals surface area contributed by atoms with Gasteiger partial charge in [-0.25, -0.2) is 0 Å². The second-order valence-electron chi connectivity index (χ2n) is 10.2. The van der Waals surface area contributed by atoms with Gasteiger partial charge in [-0.1, -0.05) is 72.8 Å². The summed E-state index contributed by atoms with van der Waals surface area (Å²) in [5.74, 6) is -3.48. The molecule has 3 aromatic carbocycles. The van der Waals surface area contributed by atoms with Gasteiger partial charge in [0.15, 0.2) is 0 Å². The first kappa shape index (κ1) is 30.9. The lowest BCUT2D eigenvalue weighted by molar-refractivity contribution is -0.142. The summed E-state index contributed by atoms with van der Waals surface area (Å²) in [6.07, 6.45) is 2.37. The number of hydrogen-bond donors (Lipinski definition) is 3. The molecule has 0 fully saturated rings. The van der Waals surface area contributed by atoms with Gasteiger partial charge in [-0.05, 0) is 61.9 Å². The predicted molar refractivity (Wildman–Crippen MR) is 157 cm³/mol. The molecule has 0 saturated heterocycles. The zero-order valence-electron chi connectivity index (χ0n) is 22.9. The number of nitrogens with one attached hydrogen (secondary N) is 1. The highest BCUT2D eigenvalue weighted by Gasteiger charge is 2.42. The highest BCUT2D eigenvalue weighted by molar-refractivity contribution is 7.92. The Morgan fingerprint density at radius 1 is 0.925 bits per heavy atom. The fraction of sp³-hybridized carbons (Fsp3) is 0.323. The number of carbonyl (C=O) groups is 3. The van der Waals surface area contributed by atoms with Crippen molar-refractivity contribution >= 4 is 34.8 Å². The summed E-state index contributed by atoms with van der Waals surface area (Å²) in [5.41, 5.74) is 1.89. The largest absolute Gasteiger partial charge is 0.593 e. The lowest BCUT2D eigenvalue weighted by atomic mass is 9.92. The number of carboxylic acids is 1. The third-order valence-corrected chi connectivity index (χ3v) is 7.46. The summed E-state index contributed by atoms with van der Waals surface area (Å²) < 4.78 is 13.5. The van der Waals surface area contributed by atoms with E-state index in [1.165, 1.54) is 20.1 Å². The van der Waals surface area contributed by atoms with Gasteiger partial charge in [0.25, 0.3) is 5.91 Å². The molecule has 0 aliphatic heterocycles. The minimum atomic E-state index is -1.79. The van der Waals surface area contributed by atoms with Crippen LogP contribution in [0.15, 0.2) is 84.9 Å². The fourth-order valence-corrected chi connectivity index (χ4v) is 5.24. The lowest BCUT2D eigenvalue weighted by Crippen LogP contribution is -2.60. The summed E-state index contributed by atoms with van der Waals surface area (Å²) in [7, 11) is 0. The van der Waals surface area contributed by atoms with Gasteiger partial charge in [-0.3, -0.25) is 14.4 Å². The minimum absolute atomic E-state index is 0.271. The standard InChI is InChI=1S/C31H36N2O6S/c1-31(2,38)28(30(37)33(40(3)39)26-15-8-5-9-16-26)32-29(36)25(21-27(34)35)14-10-11-22-17-19-24(20-18-22)23-12-6-4-7-13-23/h4-9,12-13,15-20,25,28,38H,10-11,14,21H2,1-3H3,(H,32,36)(H,34,35). The average Bonchev–Trinajstić information content (AvgIpc) is 2.91. The van der Waals surface area contributed by atoms with Crippen molar-refractivity contribution in [1.29, 1.82) is 0 Å². The van der Waals surface area contributed by atoms with Gasteiger partial charge >= 0.3 is 5.97 Å². The van der Waals surface area contributed by atoms with Gasteiger partial charge in [0.05, 0.1) is 29.1 Å². The van der Waals surface area contributed by atoms with E-state index in [1.54, 1.807) is 30.3 Å². The highest BCUT2D eigenvalue weighted by atomic mass is 32.2. The Bertz CT molecular complexity index is 1260. The molecule has 3 unspecified atom stereocenters. The van der Waals surface area contributed by atoms with Crippen molar-refractivity contribution in [1.82, 2.24) is 5.32 Å². The summed E-state index contributed by atoms with van der Waals surface area (Å²) in [6, 6.07) is 24.9. The number of carbonyl (C=O) groups excluding carboxylic acids is 2. The molecule has 9 heteroatoms. The first-order chi connectivity index (χ1) is 19.0. The zero-order chi connectivity index (χ0) is 29.3. The van der Waals surface area contributed by atoms with Crippen LogP contribution in [0.5, 0.6) is 0 Å². The van der Waals surface area contributed by atoms with E-state index >= 15 is 0 Å². The van der Waals surface area contributed by atoms with Crippen LogP contribution in [0.3, 0.4) is 0 Å². The van der Waals surface area contributed by atoms with E-state index in [4.69, 9.17) is 0 Å². The Kier molecular flexibility index (Phi) is 10.9. The van der Waals surface area contributed by atoms with Gasteiger partial charge in [-0.15, -0.1) is 4.31 Å². The third kappa shape index (κ3) is 8.67. The molecular weight excluding hydrogens is 528 g/mol. The van der Waals surface area contributed by atoms with Crippen molar-refractivity contribution in [3.8, 4) is 11.1 Å². The van der Waals surface area contributed by atoms with E-state index in [1.807, 2.05) is 54.6 Å². The number of rotatable bonds is 13. The Balaban J connectivity index is 1.70. The molecule has 3 atom stereocenters. The second-order valence-corrected chi connectivity index (χ2v) is 11.4. The Morgan fingerprint density at radius 3 is 2.00 bits per heavy atom. The van der Waals surface area contributed by atoms with E-state index in [9.17, 15) is 29.1 Å². The van der Waals surface area contributed by atoms with Gasteiger partial charge < -0.3 is 20.1 Å². The fourth-order valence-electron chi connectivity index (χ4n) is 4.47. The number of amides is 2. The monoisotopic (exact) mass is 564 g/mol. The van der Waals surface area contributed by atoms with Crippen LogP contribution in [-0.2, 0) is 32.2 Å². The van der Waals surface area contributed by atoms with Gasteiger partial charge in [-0.2, -0.15) is 0 Å². The minimum Gasteiger partial charge on any atom is -0.593 e. The SMILES string of the molecule is C[S+]([O-])N(C(=O)C(NC(=O)C(CCCc1ccc(-c2ccccc2)cc1)CC(=O)O)C(C)(C)O)c1ccccc1. The Labute approximate surface area is 238 Å². The van der Waals surface area contributed by atoms with Gasteiger partial charge in [0, 0.05) is 5.92 Å². The van der Waals surface area contributed by atoms with Crippen LogP contribution in [-0.4, -0.2) is 50.4 Å². The molecule has 3 rings (SSSR count). The van der Waals surface area contributed by atoms with Crippen molar-refractivity contribution in [3.63, 3.8) is 0 Å². The molecule has 0 saturated carbocycles. The van der Waals surface area contributed by atoms with Crippen LogP contribution in [0.25, 0.3) is 11.1 Å². The molecule has 40 heavy (non-hydrogen) atoms. The van der Waals surface area contributed by atoms with Crippen molar-refractivity contribution in [2.75, 3.05) is 10.6 Å². The van der Waals surface area contributed by atoms with E-state index < -0.39 is 53.1 Å². The van der Waals surface area contributed by atoms with Crippen LogP contribution >= 0.6 is 0 Å². The molecule has 0 aliphatic rings. The van der Waals surface area contributed by atoms with Crippen molar-refractivity contribution in [3.05, 3.63) is 90.5 Å². The van der Waals surface area contributed by atoms with Crippen LogP contribution in [0.4, 0.5) is 5.69 Å². The molecule has 0 aliphatic carbocycles. The molecule has 0 bridgehead atoms. The maximum absolute atomic E-state index is 13.5. The summed E-state index contributed by atoms with van der Waals surface area (Å²) >= 11 is -1.79. The first-order valence-corrected chi connectivity index (χ1v) is 14.6. The Morgan fingerprint density at radius 2 is 1.48 bits per heavy atom. The maximum atomic E-state index is 13.5. The average molecular weight is 565 g/mol. The molecule has 3 N–H and O–H groups in total. The van der Waals surface area contributed by atoms with Crippen molar-refractivity contribution in [2.45, 2.75) is 51.2 Å². The lowest BCUT2D eigenvalue weighted by Gasteiger charge is -2.33. The molecule has 2 amide bonds. The summed E-state index contributed by atoms with van der Waals surface area (Å²) in [5, 5.41) is 22.8. The number of nitrogens with zero attached hydrogens (tertiary/aromatic N) is 1. The van der Waals surface area contributed by atoms with Gasteiger partial charge in [0.2, 0.25) is 5.91 Å². The summed E-state index contributed by atoms with van der Waals surface area (Å²) in [6.45, 7) is 2.73. The molecule has 0 radical (unpaired) electrons. The van der Waals surface area contributed by atoms with Crippen LogP contribution < -0.4 is 9.62 Å². The number of hydrogen-bond acceptors (Lipinski definition) is 5. The van der Waals surface area contributed by atoms with E-state index in [0.717, 1.165) is 21.0 Å². The van der Waals surface area contributed by atoms with Crippen molar-refractivity contribution in [2.24, 2.45) is 5.92 Å². The topological polar surface area (TPSA) is 130 Å². The number of aryl methyl sites for hydroxylation is 1. The molecule has 3 aromatic rings. The van der Waals surface area contributed by atoms with Gasteiger partial charge in [0.1, 0.15) is 12.3 Å². The zero-order valence-corrected chi connectivity index (χ0v) is 23.8. The number of aliphatic carboxylic acids is 1. The number of para-hydroxylation sites is 1. The molecule has 8 nitrogen and oxygen atoms in total. The van der Waals surface area contributed by atoms with E-state index in [2.05, 4.69) is 5.32 Å². The third-order valence-electron chi connectivity index (χ3n) is 6.56. The number of carboxylic acid groups (broad SMARTS) is 1. The Hall–Kier alpha value is -3.66. The predicted octanol–water partition coefficient (Wildman–Crippen LogP) is 4.35. The number of aliphatic hydroxyl groups is 1. The van der Waals surface area contributed by atoms with E-state index in [0.29, 0.717) is 18.5 Å². The molecule has 0 spiro atoms. The number of anilines is 1. The summed E-state index contributed by atoms with van der Waals surface area (Å²) in [4.78, 5) is 38.3. The van der Waals surface area contributed by atoms with Crippen LogP contribution in [0.1, 0.15) is 38.7 Å². The smallest absolute Gasteiger partial charge is 0.304 e. The molecule has 0 heterocycles. The first-order valence-electron chi connectivity index (χ1n) is 13.1. The molecule has 212 valence electrons. The molecule has 0 aromatic heterocycles. The highest BCUT2D eigenvalue weighted by Crippen LogP contribution is 2.24. The maximum Gasteiger partial charge on any atom is 0.304 e. The normalized spacial score (nSPS) is 13.6. The van der Waals surface area contributed by atoms with E-state index in [-0.39, 0.29) is 6.42 Å². The van der Waals surface area contributed by atoms with Crippen LogP contribution in [0, 0.1) is 5.92 Å². The number of benzene rings is 3. The second kappa shape index (κ2) is 14.1. The van der Waals surface area contributed by atoms with Crippen molar-refractivity contribution < 1.29 is 29.1 Å². The molecular formula is C31H36N2O6S. The quantitative estimate of drug-likeness (QED) is 0.265.